The predicted octanol–water partition coefficient (Wildman–Crippen LogP) is 17.3. The molecule has 10 heteroatoms. The van der Waals surface area contributed by atoms with Gasteiger partial charge in [-0.1, -0.05) is 205 Å². The van der Waals surface area contributed by atoms with Gasteiger partial charge in [0.2, 0.25) is 0 Å². The number of nitrogens with zero attached hydrogens (tertiary/aromatic N) is 1. The van der Waals surface area contributed by atoms with Gasteiger partial charge in [0.25, 0.3) is 7.82 Å². The topological polar surface area (TPSA) is 111 Å². The van der Waals surface area contributed by atoms with Crippen molar-refractivity contribution in [1.82, 2.24) is 0 Å². The number of phosphoric acid groups is 1. The quantitative estimate of drug-likeness (QED) is 0.0195. The van der Waals surface area contributed by atoms with Crippen LogP contribution in [-0.4, -0.2) is 70.0 Å². The Morgan fingerprint density at radius 3 is 1.15 bits per heavy atom. The molecular weight excluding hydrogens is 942 g/mol. The first-order chi connectivity index (χ1) is 36.0. The maximum Gasteiger partial charge on any atom is 0.306 e. The number of hydrogen-bond acceptors (Lipinski definition) is 8. The standard InChI is InChI=1S/C64H104NO8P/c1-6-8-10-12-14-16-18-20-22-23-24-25-26-27-28-29-30-31-32-33-34-35-36-37-38-39-40-41-43-45-47-49-51-53-55-57-64(67)73-62(61-72-74(68,69)71-59-58-65(3,4)5)60-70-63(66)56-54-52-50-48-46-44-42-21-19-17-15-13-11-9-7-2/h8,10,14-17,20-22,24-25,27-28,30-31,33-34,36-37,39-40,42-43,45,62H,6-7,9,11-13,18-19,23,26,29,32,35,38,41,44,46-61H2,1-5H3/b10-8-,16-14-,17-15-,22-20-,25-24-,28-27-,31-30-,34-33-,37-36-,40-39-,42-21-,45-43-. The second kappa shape index (κ2) is 53.7. The summed E-state index contributed by atoms with van der Waals surface area (Å²) in [6, 6.07) is 0. The molecule has 0 spiro atoms. The summed E-state index contributed by atoms with van der Waals surface area (Å²) in [4.78, 5) is 37.8. The molecule has 0 heterocycles. The molecule has 9 nitrogen and oxygen atoms in total. The summed E-state index contributed by atoms with van der Waals surface area (Å²) in [5.74, 6) is -0.892. The normalized spacial score (nSPS) is 14.4. The highest BCUT2D eigenvalue weighted by atomic mass is 31.2. The number of likely N-dealkylation sites (N-methyl/N-ethyl adjacent to an activating group) is 1. The van der Waals surface area contributed by atoms with Crippen LogP contribution in [0.5, 0.6) is 0 Å². The molecule has 0 N–H and O–H groups in total. The van der Waals surface area contributed by atoms with Crippen molar-refractivity contribution in [3.8, 4) is 0 Å². The molecule has 0 saturated carbocycles. The van der Waals surface area contributed by atoms with Crippen LogP contribution in [0.2, 0.25) is 0 Å². The van der Waals surface area contributed by atoms with Gasteiger partial charge in [0.1, 0.15) is 19.8 Å². The average molecular weight is 1050 g/mol. The van der Waals surface area contributed by atoms with Crippen LogP contribution in [0.1, 0.15) is 194 Å². The van der Waals surface area contributed by atoms with Crippen molar-refractivity contribution in [3.63, 3.8) is 0 Å². The lowest BCUT2D eigenvalue weighted by Gasteiger charge is -2.28. The Labute approximate surface area is 453 Å². The van der Waals surface area contributed by atoms with Crippen molar-refractivity contribution >= 4 is 19.8 Å². The fourth-order valence-corrected chi connectivity index (χ4v) is 7.68. The van der Waals surface area contributed by atoms with E-state index in [0.717, 1.165) is 128 Å². The van der Waals surface area contributed by atoms with Crippen LogP contribution < -0.4 is 4.89 Å². The Kier molecular flexibility index (Phi) is 50.7. The summed E-state index contributed by atoms with van der Waals surface area (Å²) in [7, 11) is 1.12. The van der Waals surface area contributed by atoms with E-state index in [9.17, 15) is 19.0 Å². The second-order valence-electron chi connectivity index (χ2n) is 19.6. The van der Waals surface area contributed by atoms with E-state index < -0.39 is 32.5 Å². The summed E-state index contributed by atoms with van der Waals surface area (Å²) >= 11 is 0. The van der Waals surface area contributed by atoms with Crippen molar-refractivity contribution in [3.05, 3.63) is 146 Å². The third-order valence-corrected chi connectivity index (χ3v) is 12.3. The van der Waals surface area contributed by atoms with E-state index in [4.69, 9.17) is 18.5 Å². The molecule has 0 aromatic rings. The molecule has 0 aliphatic heterocycles. The molecule has 0 radical (unpaired) electrons. The molecule has 2 atom stereocenters. The van der Waals surface area contributed by atoms with Gasteiger partial charge in [0, 0.05) is 12.8 Å². The minimum atomic E-state index is -4.65. The van der Waals surface area contributed by atoms with Gasteiger partial charge in [0.15, 0.2) is 6.10 Å². The molecule has 418 valence electrons. The molecule has 74 heavy (non-hydrogen) atoms. The van der Waals surface area contributed by atoms with Crippen LogP contribution in [0, 0.1) is 0 Å². The number of esters is 2. The number of unbranched alkanes of at least 4 members (excludes halogenated alkanes) is 12. The van der Waals surface area contributed by atoms with Crippen LogP contribution in [0.3, 0.4) is 0 Å². The van der Waals surface area contributed by atoms with E-state index in [1.807, 2.05) is 21.1 Å². The first-order valence-electron chi connectivity index (χ1n) is 28.5. The fourth-order valence-electron chi connectivity index (χ4n) is 6.95. The SMILES string of the molecule is CC/C=C\C/C=C\C/C=C\C/C=C\C/C=C\C/C=C\C/C=C\C/C=C\C/C=C\C/C=C\CCCCCCC(=O)OC(COC(=O)CCCCCCC/C=C\C/C=C\CCCCC)COP(=O)([O-])OCC[N+](C)(C)C. The monoisotopic (exact) mass is 1050 g/mol. The van der Waals surface area contributed by atoms with Crippen molar-refractivity contribution in [1.29, 1.82) is 0 Å². The van der Waals surface area contributed by atoms with Gasteiger partial charge in [-0.2, -0.15) is 0 Å². The highest BCUT2D eigenvalue weighted by Gasteiger charge is 2.21. The van der Waals surface area contributed by atoms with Gasteiger partial charge in [-0.15, -0.1) is 0 Å². The lowest BCUT2D eigenvalue weighted by atomic mass is 10.1. The zero-order valence-electron chi connectivity index (χ0n) is 47.2. The zero-order chi connectivity index (χ0) is 54.2. The molecule has 0 saturated heterocycles. The molecule has 0 amide bonds. The molecule has 0 aromatic heterocycles. The van der Waals surface area contributed by atoms with Crippen molar-refractivity contribution < 1.29 is 42.1 Å². The van der Waals surface area contributed by atoms with Gasteiger partial charge in [-0.25, -0.2) is 0 Å². The number of phosphoric ester groups is 1. The van der Waals surface area contributed by atoms with Crippen molar-refractivity contribution in [2.24, 2.45) is 0 Å². The van der Waals surface area contributed by atoms with Crippen LogP contribution in [0.25, 0.3) is 0 Å². The number of hydrogen-bond donors (Lipinski definition) is 0. The van der Waals surface area contributed by atoms with E-state index >= 15 is 0 Å². The summed E-state index contributed by atoms with van der Waals surface area (Å²) in [5.41, 5.74) is 0. The number of allylic oxidation sites excluding steroid dienone is 24. The molecule has 0 aromatic carbocycles. The number of quaternary nitrogens is 1. The number of carbonyl (C=O) groups excluding carboxylic acids is 2. The number of rotatable bonds is 50. The zero-order valence-corrected chi connectivity index (χ0v) is 48.1. The first kappa shape index (κ1) is 69.9. The largest absolute Gasteiger partial charge is 0.756 e. The second-order valence-corrected chi connectivity index (χ2v) is 21.0. The Hall–Kier alpha value is -4.11. The molecule has 0 bridgehead atoms. The molecule has 0 aliphatic rings. The van der Waals surface area contributed by atoms with Crippen molar-refractivity contribution in [2.75, 3.05) is 47.5 Å². The van der Waals surface area contributed by atoms with E-state index in [0.29, 0.717) is 23.9 Å². The Morgan fingerprint density at radius 1 is 0.432 bits per heavy atom. The van der Waals surface area contributed by atoms with Gasteiger partial charge in [-0.3, -0.25) is 14.2 Å². The van der Waals surface area contributed by atoms with Crippen LogP contribution >= 0.6 is 7.82 Å². The molecule has 0 rings (SSSR count). The summed E-state index contributed by atoms with van der Waals surface area (Å²) in [6.45, 7) is 4.02. The van der Waals surface area contributed by atoms with Crippen LogP contribution in [0.4, 0.5) is 0 Å². The van der Waals surface area contributed by atoms with Gasteiger partial charge in [-0.05, 0) is 122 Å². The molecule has 0 aliphatic carbocycles. The van der Waals surface area contributed by atoms with Gasteiger partial charge >= 0.3 is 11.9 Å². The molecule has 0 fully saturated rings. The third-order valence-electron chi connectivity index (χ3n) is 11.3. The minimum Gasteiger partial charge on any atom is -0.756 e. The maximum absolute atomic E-state index is 12.8. The van der Waals surface area contributed by atoms with E-state index in [1.54, 1.807) is 0 Å². The van der Waals surface area contributed by atoms with Crippen molar-refractivity contribution in [2.45, 2.75) is 200 Å². The maximum atomic E-state index is 12.8. The third kappa shape index (κ3) is 57.2. The lowest BCUT2D eigenvalue weighted by Crippen LogP contribution is -2.37. The number of ether oxygens (including phenoxy) is 2. The molecule has 2 unspecified atom stereocenters. The minimum absolute atomic E-state index is 0.0469. The van der Waals surface area contributed by atoms with Crippen LogP contribution in [-0.2, 0) is 32.7 Å². The van der Waals surface area contributed by atoms with Gasteiger partial charge < -0.3 is 27.9 Å². The Bertz CT molecular complexity index is 1760. The Morgan fingerprint density at radius 2 is 0.770 bits per heavy atom. The molecular formula is C64H104NO8P. The highest BCUT2D eigenvalue weighted by molar-refractivity contribution is 7.45. The predicted molar refractivity (Wildman–Crippen MR) is 314 cm³/mol. The first-order valence-corrected chi connectivity index (χ1v) is 30.0. The fraction of sp³-hybridized carbons (Fsp3) is 0.594. The highest BCUT2D eigenvalue weighted by Crippen LogP contribution is 2.38. The summed E-state index contributed by atoms with van der Waals surface area (Å²) in [6.07, 6.45) is 78.9. The Balaban J connectivity index is 4.27. The van der Waals surface area contributed by atoms with E-state index in [1.165, 1.54) is 25.7 Å². The van der Waals surface area contributed by atoms with Gasteiger partial charge in [0.05, 0.1) is 27.7 Å². The summed E-state index contributed by atoms with van der Waals surface area (Å²) in [5, 5.41) is 0. The smallest absolute Gasteiger partial charge is 0.306 e. The summed E-state index contributed by atoms with van der Waals surface area (Å²) < 4.78 is 34.0. The van der Waals surface area contributed by atoms with E-state index in [2.05, 4.69) is 160 Å². The lowest BCUT2D eigenvalue weighted by molar-refractivity contribution is -0.870. The number of carbonyl (C=O) groups is 2. The van der Waals surface area contributed by atoms with E-state index in [-0.39, 0.29) is 26.1 Å². The average Bonchev–Trinajstić information content (AvgIpc) is 3.36. The van der Waals surface area contributed by atoms with Crippen LogP contribution in [0.15, 0.2) is 146 Å².